The van der Waals surface area contributed by atoms with Gasteiger partial charge in [0.15, 0.2) is 5.82 Å². The van der Waals surface area contributed by atoms with E-state index in [1.54, 1.807) is 23.1 Å². The van der Waals surface area contributed by atoms with Crippen LogP contribution in [0, 0.1) is 13.8 Å². The van der Waals surface area contributed by atoms with Gasteiger partial charge in [-0.05, 0) is 32.9 Å². The van der Waals surface area contributed by atoms with Crippen molar-refractivity contribution in [2.24, 2.45) is 0 Å². The second kappa shape index (κ2) is 7.16. The van der Waals surface area contributed by atoms with Crippen molar-refractivity contribution < 1.29 is 9.32 Å². The third-order valence-corrected chi connectivity index (χ3v) is 3.80. The van der Waals surface area contributed by atoms with E-state index in [2.05, 4.69) is 25.9 Å². The average molecular weight is 340 g/mol. The van der Waals surface area contributed by atoms with Gasteiger partial charge >= 0.3 is 6.03 Å². The minimum Gasteiger partial charge on any atom is -0.361 e. The molecule has 25 heavy (non-hydrogen) atoms. The molecule has 0 radical (unpaired) electrons. The van der Waals surface area contributed by atoms with Crippen LogP contribution in [0.2, 0.25) is 0 Å². The fraction of sp³-hybridized carbons (Fsp3) is 0.294. The van der Waals surface area contributed by atoms with E-state index in [-0.39, 0.29) is 12.1 Å². The first-order valence-electron chi connectivity index (χ1n) is 7.96. The van der Waals surface area contributed by atoms with Crippen molar-refractivity contribution in [1.82, 2.24) is 25.2 Å². The second-order valence-corrected chi connectivity index (χ2v) is 5.78. The van der Waals surface area contributed by atoms with Crippen LogP contribution in [0.5, 0.6) is 0 Å². The highest BCUT2D eigenvalue weighted by Crippen LogP contribution is 2.20. The first-order valence-corrected chi connectivity index (χ1v) is 7.96. The summed E-state index contributed by atoms with van der Waals surface area (Å²) in [6.45, 7) is 6.09. The Bertz CT molecular complexity index is 836. The quantitative estimate of drug-likeness (QED) is 0.744. The molecule has 0 unspecified atom stereocenters. The first kappa shape index (κ1) is 16.7. The normalized spacial score (nSPS) is 12.0. The lowest BCUT2D eigenvalue weighted by Crippen LogP contribution is -2.31. The molecule has 8 nitrogen and oxygen atoms in total. The number of rotatable bonds is 5. The van der Waals surface area contributed by atoms with Gasteiger partial charge in [0.05, 0.1) is 24.0 Å². The number of aromatic nitrogens is 4. The predicted octanol–water partition coefficient (Wildman–Crippen LogP) is 2.81. The van der Waals surface area contributed by atoms with Gasteiger partial charge in [-0.15, -0.1) is 0 Å². The SMILES string of the molecule is Cc1noc(C)c1[C@H](C)NC(=O)Nc1ccn(Cc2ccccn2)n1. The molecule has 2 amide bonds. The highest BCUT2D eigenvalue weighted by molar-refractivity contribution is 5.88. The molecule has 130 valence electrons. The number of nitrogens with zero attached hydrogens (tertiary/aromatic N) is 4. The van der Waals surface area contributed by atoms with Crippen LogP contribution in [-0.2, 0) is 6.54 Å². The molecule has 0 fully saturated rings. The number of nitrogens with one attached hydrogen (secondary N) is 2. The largest absolute Gasteiger partial charge is 0.361 e. The van der Waals surface area contributed by atoms with Crippen molar-refractivity contribution in [3.8, 4) is 0 Å². The lowest BCUT2D eigenvalue weighted by atomic mass is 10.1. The number of hydrogen-bond donors (Lipinski definition) is 2. The van der Waals surface area contributed by atoms with Gasteiger partial charge in [0.1, 0.15) is 5.76 Å². The predicted molar refractivity (Wildman–Crippen MR) is 92.1 cm³/mol. The summed E-state index contributed by atoms with van der Waals surface area (Å²) in [4.78, 5) is 16.4. The van der Waals surface area contributed by atoms with Crippen LogP contribution in [0.3, 0.4) is 0 Å². The van der Waals surface area contributed by atoms with Crippen LogP contribution in [0.4, 0.5) is 10.6 Å². The number of urea groups is 1. The summed E-state index contributed by atoms with van der Waals surface area (Å²) >= 11 is 0. The molecule has 1 atom stereocenters. The van der Waals surface area contributed by atoms with Crippen molar-refractivity contribution in [3.05, 3.63) is 59.4 Å². The summed E-state index contributed by atoms with van der Waals surface area (Å²) in [5, 5.41) is 13.8. The van der Waals surface area contributed by atoms with Gasteiger partial charge in [-0.25, -0.2) is 4.79 Å². The summed E-state index contributed by atoms with van der Waals surface area (Å²) < 4.78 is 6.85. The van der Waals surface area contributed by atoms with Gasteiger partial charge in [0, 0.05) is 24.0 Å². The maximum Gasteiger partial charge on any atom is 0.320 e. The molecule has 3 heterocycles. The smallest absolute Gasteiger partial charge is 0.320 e. The molecular weight excluding hydrogens is 320 g/mol. The van der Waals surface area contributed by atoms with Crippen LogP contribution in [0.1, 0.15) is 35.7 Å². The number of carbonyl (C=O) groups is 1. The highest BCUT2D eigenvalue weighted by Gasteiger charge is 2.18. The number of carbonyl (C=O) groups excluding carboxylic acids is 1. The molecule has 0 spiro atoms. The molecule has 3 aromatic rings. The topological polar surface area (TPSA) is 97.9 Å². The number of amides is 2. The lowest BCUT2D eigenvalue weighted by Gasteiger charge is -2.13. The van der Waals surface area contributed by atoms with E-state index in [4.69, 9.17) is 4.52 Å². The number of aryl methyl sites for hydroxylation is 2. The Morgan fingerprint density at radius 1 is 1.32 bits per heavy atom. The monoisotopic (exact) mass is 340 g/mol. The van der Waals surface area contributed by atoms with Crippen LogP contribution in [-0.4, -0.2) is 26.0 Å². The number of anilines is 1. The van der Waals surface area contributed by atoms with E-state index < -0.39 is 0 Å². The standard InChI is InChI=1S/C17H20N6O2/c1-11(16-12(2)22-25-13(16)3)19-17(24)20-15-7-9-23(21-15)10-14-6-4-5-8-18-14/h4-9,11H,10H2,1-3H3,(H2,19,20,21,24)/t11-/m0/s1. The Morgan fingerprint density at radius 2 is 2.16 bits per heavy atom. The summed E-state index contributed by atoms with van der Waals surface area (Å²) in [6, 6.07) is 6.89. The molecule has 3 rings (SSSR count). The van der Waals surface area contributed by atoms with Gasteiger partial charge in [0.25, 0.3) is 0 Å². The van der Waals surface area contributed by atoms with Gasteiger partial charge in [0.2, 0.25) is 0 Å². The van der Waals surface area contributed by atoms with Crippen molar-refractivity contribution in [3.63, 3.8) is 0 Å². The maximum absolute atomic E-state index is 12.2. The van der Waals surface area contributed by atoms with E-state index >= 15 is 0 Å². The zero-order valence-electron chi connectivity index (χ0n) is 14.4. The Balaban J connectivity index is 1.58. The highest BCUT2D eigenvalue weighted by atomic mass is 16.5. The van der Waals surface area contributed by atoms with E-state index in [9.17, 15) is 4.79 Å². The summed E-state index contributed by atoms with van der Waals surface area (Å²) in [7, 11) is 0. The molecule has 2 N–H and O–H groups in total. The summed E-state index contributed by atoms with van der Waals surface area (Å²) in [5.74, 6) is 1.17. The zero-order chi connectivity index (χ0) is 17.8. The summed E-state index contributed by atoms with van der Waals surface area (Å²) in [5.41, 5.74) is 2.55. The van der Waals surface area contributed by atoms with Gasteiger partial charge in [-0.2, -0.15) is 5.10 Å². The van der Waals surface area contributed by atoms with Gasteiger partial charge in [-0.3, -0.25) is 15.0 Å². The van der Waals surface area contributed by atoms with Gasteiger partial charge in [-0.1, -0.05) is 11.2 Å². The maximum atomic E-state index is 12.2. The number of hydrogen-bond acceptors (Lipinski definition) is 5. The van der Waals surface area contributed by atoms with Crippen molar-refractivity contribution >= 4 is 11.8 Å². The Labute approximate surface area is 145 Å². The van der Waals surface area contributed by atoms with E-state index in [1.807, 2.05) is 39.0 Å². The fourth-order valence-corrected chi connectivity index (χ4v) is 2.70. The molecular formula is C17H20N6O2. The molecule has 0 saturated heterocycles. The first-order chi connectivity index (χ1) is 12.0. The number of pyridine rings is 1. The van der Waals surface area contributed by atoms with Crippen molar-refractivity contribution in [2.45, 2.75) is 33.4 Å². The molecule has 0 saturated carbocycles. The minimum atomic E-state index is -0.337. The third kappa shape index (κ3) is 4.03. The lowest BCUT2D eigenvalue weighted by molar-refractivity contribution is 0.249. The molecule has 8 heteroatoms. The van der Waals surface area contributed by atoms with Crippen molar-refractivity contribution in [1.29, 1.82) is 0 Å². The van der Waals surface area contributed by atoms with E-state index in [1.165, 1.54) is 0 Å². The van der Waals surface area contributed by atoms with Crippen LogP contribution in [0.25, 0.3) is 0 Å². The molecule has 0 bridgehead atoms. The average Bonchev–Trinajstić information content (AvgIpc) is 3.14. The second-order valence-electron chi connectivity index (χ2n) is 5.78. The van der Waals surface area contributed by atoms with E-state index in [0.717, 1.165) is 17.0 Å². The summed E-state index contributed by atoms with van der Waals surface area (Å²) in [6.07, 6.45) is 3.53. The minimum absolute atomic E-state index is 0.221. The Kier molecular flexibility index (Phi) is 4.78. The molecule has 0 aliphatic rings. The van der Waals surface area contributed by atoms with E-state index in [0.29, 0.717) is 18.1 Å². The van der Waals surface area contributed by atoms with Crippen LogP contribution < -0.4 is 10.6 Å². The van der Waals surface area contributed by atoms with Gasteiger partial charge < -0.3 is 9.84 Å². The van der Waals surface area contributed by atoms with Crippen molar-refractivity contribution in [2.75, 3.05) is 5.32 Å². The zero-order valence-corrected chi connectivity index (χ0v) is 14.4. The third-order valence-electron chi connectivity index (χ3n) is 3.80. The molecule has 3 aromatic heterocycles. The Hall–Kier alpha value is -3.16. The molecule has 0 aliphatic heterocycles. The van der Waals surface area contributed by atoms with Crippen LogP contribution >= 0.6 is 0 Å². The fourth-order valence-electron chi connectivity index (χ4n) is 2.70. The van der Waals surface area contributed by atoms with Crippen LogP contribution in [0.15, 0.2) is 41.2 Å². The Morgan fingerprint density at radius 3 is 2.84 bits per heavy atom. The molecule has 0 aliphatic carbocycles. The molecule has 0 aromatic carbocycles.